The summed E-state index contributed by atoms with van der Waals surface area (Å²) in [5.41, 5.74) is 1.51. The van der Waals surface area contributed by atoms with Gasteiger partial charge < -0.3 is 5.32 Å². The molecule has 1 saturated heterocycles. The first-order valence-electron chi connectivity index (χ1n) is 7.39. The van der Waals surface area contributed by atoms with Crippen LogP contribution in [0.25, 0.3) is 0 Å². The number of sulfonamides is 1. The largest absolute Gasteiger partial charge is 0.326 e. The maximum atomic E-state index is 12.8. The van der Waals surface area contributed by atoms with Crippen LogP contribution in [0.3, 0.4) is 0 Å². The Balaban J connectivity index is 1.92. The Hall–Kier alpha value is -1.40. The van der Waals surface area contributed by atoms with E-state index in [1.807, 2.05) is 0 Å². The van der Waals surface area contributed by atoms with E-state index in [2.05, 4.69) is 19.2 Å². The van der Waals surface area contributed by atoms with E-state index in [-0.39, 0.29) is 12.3 Å². The highest BCUT2D eigenvalue weighted by molar-refractivity contribution is 7.85. The summed E-state index contributed by atoms with van der Waals surface area (Å²) in [5.74, 6) is 0.750. The highest BCUT2D eigenvalue weighted by atomic mass is 32.2. The number of nitrogens with one attached hydrogen (secondary N) is 2. The van der Waals surface area contributed by atoms with Crippen molar-refractivity contribution in [2.45, 2.75) is 31.6 Å². The lowest BCUT2D eigenvalue weighted by atomic mass is 9.94. The molecule has 0 spiro atoms. The SMILES string of the molecule is CC1CC(C)C[NH+](S(=O)(=O)c2ccc3c(c2)CC(=O)N3)C1. The Morgan fingerprint density at radius 1 is 1.19 bits per heavy atom. The molecule has 5 nitrogen and oxygen atoms in total. The van der Waals surface area contributed by atoms with Gasteiger partial charge in [0.25, 0.3) is 0 Å². The van der Waals surface area contributed by atoms with Gasteiger partial charge in [-0.25, -0.2) is 4.31 Å². The maximum absolute atomic E-state index is 12.8. The number of hydrogen-bond acceptors (Lipinski definition) is 3. The maximum Gasteiger partial charge on any atom is 0.325 e. The molecule has 2 aliphatic heterocycles. The molecule has 1 amide bonds. The van der Waals surface area contributed by atoms with Gasteiger partial charge in [0.05, 0.1) is 19.5 Å². The van der Waals surface area contributed by atoms with Gasteiger partial charge in [0.2, 0.25) is 5.91 Å². The quantitative estimate of drug-likeness (QED) is 0.832. The molecule has 0 aromatic heterocycles. The zero-order valence-electron chi connectivity index (χ0n) is 12.3. The zero-order valence-corrected chi connectivity index (χ0v) is 13.2. The second-order valence-corrected chi connectivity index (χ2v) is 8.50. The number of benzene rings is 1. The minimum atomic E-state index is -3.39. The number of fused-ring (bicyclic) bond motifs is 1. The van der Waals surface area contributed by atoms with Crippen molar-refractivity contribution in [1.29, 1.82) is 0 Å². The molecule has 2 N–H and O–H groups in total. The summed E-state index contributed by atoms with van der Waals surface area (Å²) < 4.78 is 26.3. The van der Waals surface area contributed by atoms with Crippen LogP contribution < -0.4 is 9.62 Å². The first-order valence-corrected chi connectivity index (χ1v) is 8.87. The standard InChI is InChI=1S/C15H20N2O3S/c1-10-5-11(2)9-17(8-10)21(19,20)13-3-4-14-12(6-13)7-15(18)16-14/h3-4,6,10-11H,5,7-9H2,1-2H3,(H,16,18)/p+1. The van der Waals surface area contributed by atoms with Crippen LogP contribution in [0.1, 0.15) is 25.8 Å². The average Bonchev–Trinajstić information content (AvgIpc) is 2.76. The Morgan fingerprint density at radius 3 is 2.52 bits per heavy atom. The van der Waals surface area contributed by atoms with E-state index in [1.165, 1.54) is 0 Å². The lowest BCUT2D eigenvalue weighted by Crippen LogP contribution is -3.15. The summed E-state index contributed by atoms with van der Waals surface area (Å²) in [7, 11) is -3.39. The van der Waals surface area contributed by atoms with Crippen LogP contribution in [0.4, 0.5) is 5.69 Å². The van der Waals surface area contributed by atoms with Crippen LogP contribution in [0.15, 0.2) is 23.1 Å². The second-order valence-electron chi connectivity index (χ2n) is 6.44. The van der Waals surface area contributed by atoms with Crippen molar-refractivity contribution in [1.82, 2.24) is 0 Å². The van der Waals surface area contributed by atoms with E-state index >= 15 is 0 Å². The third kappa shape index (κ3) is 2.70. The average molecular weight is 309 g/mol. The van der Waals surface area contributed by atoms with Gasteiger partial charge in [-0.15, -0.1) is 0 Å². The number of piperidine rings is 1. The van der Waals surface area contributed by atoms with E-state index in [1.54, 1.807) is 18.2 Å². The van der Waals surface area contributed by atoms with Gasteiger partial charge in [0.15, 0.2) is 0 Å². The Kier molecular flexibility index (Phi) is 3.53. The molecule has 1 aromatic rings. The van der Waals surface area contributed by atoms with Crippen LogP contribution >= 0.6 is 0 Å². The molecule has 21 heavy (non-hydrogen) atoms. The van der Waals surface area contributed by atoms with Crippen molar-refractivity contribution in [3.63, 3.8) is 0 Å². The molecule has 6 heteroatoms. The van der Waals surface area contributed by atoms with E-state index in [0.717, 1.165) is 17.7 Å². The molecule has 1 aromatic carbocycles. The molecule has 0 saturated carbocycles. The molecular weight excluding hydrogens is 288 g/mol. The van der Waals surface area contributed by atoms with Gasteiger partial charge in [-0.3, -0.25) is 4.79 Å². The van der Waals surface area contributed by atoms with E-state index in [9.17, 15) is 13.2 Å². The lowest BCUT2D eigenvalue weighted by Gasteiger charge is -2.30. The van der Waals surface area contributed by atoms with Crippen LogP contribution in [0.5, 0.6) is 0 Å². The number of quaternary nitrogens is 1. The van der Waals surface area contributed by atoms with Crippen LogP contribution in [-0.2, 0) is 21.2 Å². The highest BCUT2D eigenvalue weighted by Gasteiger charge is 2.36. The number of rotatable bonds is 2. The molecule has 2 aliphatic rings. The highest BCUT2D eigenvalue weighted by Crippen LogP contribution is 2.25. The zero-order chi connectivity index (χ0) is 15.2. The fraction of sp³-hybridized carbons (Fsp3) is 0.533. The van der Waals surface area contributed by atoms with Gasteiger partial charge in [0.1, 0.15) is 4.90 Å². The van der Waals surface area contributed by atoms with Crippen molar-refractivity contribution in [2.24, 2.45) is 11.8 Å². The molecule has 0 radical (unpaired) electrons. The third-order valence-electron chi connectivity index (χ3n) is 4.35. The van der Waals surface area contributed by atoms with Gasteiger partial charge in [-0.2, -0.15) is 8.42 Å². The van der Waals surface area contributed by atoms with Crippen molar-refractivity contribution in [3.8, 4) is 0 Å². The molecule has 2 heterocycles. The van der Waals surface area contributed by atoms with Crippen molar-refractivity contribution in [3.05, 3.63) is 23.8 Å². The van der Waals surface area contributed by atoms with Gasteiger partial charge in [-0.05, 0) is 30.2 Å². The van der Waals surface area contributed by atoms with Crippen molar-refractivity contribution in [2.75, 3.05) is 18.4 Å². The molecule has 3 rings (SSSR count). The molecule has 1 fully saturated rings. The van der Waals surface area contributed by atoms with Crippen molar-refractivity contribution < 1.29 is 17.5 Å². The minimum Gasteiger partial charge on any atom is -0.326 e. The first kappa shape index (κ1) is 14.5. The molecule has 2 atom stereocenters. The number of carbonyl (C=O) groups excluding carboxylic acids is 1. The predicted molar refractivity (Wildman–Crippen MR) is 79.6 cm³/mol. The fourth-order valence-electron chi connectivity index (χ4n) is 3.47. The number of carbonyl (C=O) groups is 1. The van der Waals surface area contributed by atoms with Crippen LogP contribution in [0, 0.1) is 11.8 Å². The summed E-state index contributed by atoms with van der Waals surface area (Å²) in [6.45, 7) is 5.52. The summed E-state index contributed by atoms with van der Waals surface area (Å²) in [6, 6.07) is 4.96. The van der Waals surface area contributed by atoms with Gasteiger partial charge >= 0.3 is 10.0 Å². The number of anilines is 1. The number of hydrogen-bond donors (Lipinski definition) is 2. The number of amides is 1. The molecule has 2 unspecified atom stereocenters. The summed E-state index contributed by atoms with van der Waals surface area (Å²) in [6.07, 6.45) is 1.35. The van der Waals surface area contributed by atoms with Gasteiger partial charge in [0, 0.05) is 17.5 Å². The lowest BCUT2D eigenvalue weighted by molar-refractivity contribution is -0.783. The normalized spacial score (nSPS) is 29.0. The summed E-state index contributed by atoms with van der Waals surface area (Å²) in [5, 5.41) is 2.73. The summed E-state index contributed by atoms with van der Waals surface area (Å²) in [4.78, 5) is 11.7. The molecule has 0 aliphatic carbocycles. The van der Waals surface area contributed by atoms with Crippen LogP contribution in [-0.4, -0.2) is 27.4 Å². The smallest absolute Gasteiger partial charge is 0.325 e. The fourth-order valence-corrected chi connectivity index (χ4v) is 5.36. The topological polar surface area (TPSA) is 67.7 Å². The Morgan fingerprint density at radius 2 is 1.86 bits per heavy atom. The van der Waals surface area contributed by atoms with E-state index in [4.69, 9.17) is 0 Å². The Bertz CT molecular complexity index is 674. The first-order chi connectivity index (χ1) is 9.86. The van der Waals surface area contributed by atoms with E-state index in [0.29, 0.717) is 34.1 Å². The Labute approximate surface area is 125 Å². The summed E-state index contributed by atoms with van der Waals surface area (Å²) >= 11 is 0. The van der Waals surface area contributed by atoms with Gasteiger partial charge in [-0.1, -0.05) is 13.8 Å². The third-order valence-corrected chi connectivity index (χ3v) is 6.32. The monoisotopic (exact) mass is 309 g/mol. The van der Waals surface area contributed by atoms with Crippen molar-refractivity contribution >= 4 is 21.6 Å². The molecule has 114 valence electrons. The van der Waals surface area contributed by atoms with E-state index < -0.39 is 10.0 Å². The molecular formula is C15H21N2O3S+. The molecule has 0 bridgehead atoms. The minimum absolute atomic E-state index is 0.0767. The van der Waals surface area contributed by atoms with Crippen LogP contribution in [0.2, 0.25) is 0 Å². The predicted octanol–water partition coefficient (Wildman–Crippen LogP) is 0.431. The second kappa shape index (κ2) is 5.10.